The molecule has 2 heterocycles. The Morgan fingerprint density at radius 1 is 1.15 bits per heavy atom. The zero-order valence-corrected chi connectivity index (χ0v) is 14.8. The van der Waals surface area contributed by atoms with Crippen molar-refractivity contribution < 1.29 is 4.79 Å². The molecular formula is C21H21N3O2. The van der Waals surface area contributed by atoms with E-state index >= 15 is 0 Å². The van der Waals surface area contributed by atoms with Gasteiger partial charge in [-0.2, -0.15) is 0 Å². The highest BCUT2D eigenvalue weighted by molar-refractivity contribution is 5.95. The zero-order valence-electron chi connectivity index (χ0n) is 14.8. The molecule has 0 spiro atoms. The van der Waals surface area contributed by atoms with Crippen LogP contribution in [0, 0.1) is 6.92 Å². The zero-order chi connectivity index (χ0) is 18.1. The van der Waals surface area contributed by atoms with Crippen molar-refractivity contribution in [1.29, 1.82) is 0 Å². The summed E-state index contributed by atoms with van der Waals surface area (Å²) >= 11 is 0. The number of benzene rings is 2. The first-order valence-corrected chi connectivity index (χ1v) is 8.98. The second-order valence-electron chi connectivity index (χ2n) is 6.74. The highest BCUT2D eigenvalue weighted by atomic mass is 16.2. The van der Waals surface area contributed by atoms with Crippen LogP contribution in [0.2, 0.25) is 0 Å². The molecule has 3 aromatic rings. The number of amides is 1. The number of hydrogen-bond acceptors (Lipinski definition) is 3. The highest BCUT2D eigenvalue weighted by Gasteiger charge is 2.23. The third-order valence-electron chi connectivity index (χ3n) is 5.03. The number of hydrogen-bond donors (Lipinski definition) is 0. The van der Waals surface area contributed by atoms with E-state index in [1.165, 1.54) is 5.56 Å². The number of nitrogens with zero attached hydrogens (tertiary/aromatic N) is 3. The maximum Gasteiger partial charge on any atom is 0.261 e. The van der Waals surface area contributed by atoms with Crippen LogP contribution < -0.4 is 10.5 Å². The SMILES string of the molecule is Cc1cccc2c(=O)n(CCCC(=O)N3CCc4ccccc43)cnc12. The Bertz CT molecular complexity index is 1040. The van der Waals surface area contributed by atoms with Gasteiger partial charge in [0.1, 0.15) is 0 Å². The number of aryl methyl sites for hydroxylation is 2. The van der Waals surface area contributed by atoms with E-state index in [0.717, 1.165) is 29.7 Å². The monoisotopic (exact) mass is 347 g/mol. The molecule has 4 rings (SSSR count). The molecule has 132 valence electrons. The van der Waals surface area contributed by atoms with E-state index in [1.807, 2.05) is 42.2 Å². The predicted molar refractivity (Wildman–Crippen MR) is 102 cm³/mol. The molecule has 1 aliphatic heterocycles. The number of aromatic nitrogens is 2. The molecule has 0 saturated heterocycles. The van der Waals surface area contributed by atoms with E-state index in [-0.39, 0.29) is 11.5 Å². The molecule has 1 aromatic heterocycles. The second-order valence-corrected chi connectivity index (χ2v) is 6.74. The van der Waals surface area contributed by atoms with E-state index in [1.54, 1.807) is 17.0 Å². The van der Waals surface area contributed by atoms with Crippen LogP contribution in [0.15, 0.2) is 53.6 Å². The van der Waals surface area contributed by atoms with Crippen LogP contribution in [0.1, 0.15) is 24.0 Å². The second kappa shape index (κ2) is 6.75. The number of para-hydroxylation sites is 2. The fourth-order valence-corrected chi connectivity index (χ4v) is 3.63. The lowest BCUT2D eigenvalue weighted by atomic mass is 10.1. The topological polar surface area (TPSA) is 55.2 Å². The molecule has 0 atom stereocenters. The number of anilines is 1. The Kier molecular flexibility index (Phi) is 4.29. The number of fused-ring (bicyclic) bond motifs is 2. The third kappa shape index (κ3) is 2.90. The van der Waals surface area contributed by atoms with Gasteiger partial charge in [0.2, 0.25) is 5.91 Å². The molecule has 5 nitrogen and oxygen atoms in total. The van der Waals surface area contributed by atoms with E-state index in [2.05, 4.69) is 11.1 Å². The van der Waals surface area contributed by atoms with Crippen LogP contribution >= 0.6 is 0 Å². The van der Waals surface area contributed by atoms with Gasteiger partial charge >= 0.3 is 0 Å². The van der Waals surface area contributed by atoms with Gasteiger partial charge in [0.05, 0.1) is 17.2 Å². The molecular weight excluding hydrogens is 326 g/mol. The van der Waals surface area contributed by atoms with Gasteiger partial charge in [-0.15, -0.1) is 0 Å². The Balaban J connectivity index is 1.44. The first-order chi connectivity index (χ1) is 12.6. The molecule has 0 saturated carbocycles. The van der Waals surface area contributed by atoms with Gasteiger partial charge in [-0.25, -0.2) is 4.98 Å². The van der Waals surface area contributed by atoms with E-state index < -0.39 is 0 Å². The fourth-order valence-electron chi connectivity index (χ4n) is 3.63. The van der Waals surface area contributed by atoms with E-state index in [4.69, 9.17) is 0 Å². The smallest absolute Gasteiger partial charge is 0.261 e. The first-order valence-electron chi connectivity index (χ1n) is 8.98. The quantitative estimate of drug-likeness (QED) is 0.729. The number of carbonyl (C=O) groups is 1. The standard InChI is InChI=1S/C21H21N3O2/c1-15-6-4-8-17-20(15)22-14-23(21(17)26)12-5-10-19(25)24-13-11-16-7-2-3-9-18(16)24/h2-4,6-9,14H,5,10-13H2,1H3. The first kappa shape index (κ1) is 16.5. The van der Waals surface area contributed by atoms with Gasteiger partial charge < -0.3 is 4.90 Å². The molecule has 0 aliphatic carbocycles. The van der Waals surface area contributed by atoms with Gasteiger partial charge in [0, 0.05) is 25.2 Å². The van der Waals surface area contributed by atoms with Gasteiger partial charge in [0.15, 0.2) is 0 Å². The van der Waals surface area contributed by atoms with Crippen molar-refractivity contribution in [3.8, 4) is 0 Å². The third-order valence-corrected chi connectivity index (χ3v) is 5.03. The van der Waals surface area contributed by atoms with Crippen LogP contribution in [0.25, 0.3) is 10.9 Å². The van der Waals surface area contributed by atoms with Crippen molar-refractivity contribution in [2.45, 2.75) is 32.7 Å². The molecule has 1 amide bonds. The minimum Gasteiger partial charge on any atom is -0.312 e. The Morgan fingerprint density at radius 2 is 2.00 bits per heavy atom. The maximum absolute atomic E-state index is 12.6. The summed E-state index contributed by atoms with van der Waals surface area (Å²) in [6.07, 6.45) is 3.55. The molecule has 0 N–H and O–H groups in total. The van der Waals surface area contributed by atoms with E-state index in [0.29, 0.717) is 24.8 Å². The molecule has 0 bridgehead atoms. The van der Waals surface area contributed by atoms with E-state index in [9.17, 15) is 9.59 Å². The van der Waals surface area contributed by atoms with Crippen molar-refractivity contribution in [2.24, 2.45) is 0 Å². The average molecular weight is 347 g/mol. The summed E-state index contributed by atoms with van der Waals surface area (Å²) in [6.45, 7) is 3.19. The highest BCUT2D eigenvalue weighted by Crippen LogP contribution is 2.28. The number of carbonyl (C=O) groups excluding carboxylic acids is 1. The Labute approximate surface area is 151 Å². The molecule has 0 radical (unpaired) electrons. The van der Waals surface area contributed by atoms with Gasteiger partial charge in [-0.3, -0.25) is 14.2 Å². The summed E-state index contributed by atoms with van der Waals surface area (Å²) in [5, 5.41) is 0.632. The van der Waals surface area contributed by atoms with Crippen molar-refractivity contribution in [2.75, 3.05) is 11.4 Å². The lowest BCUT2D eigenvalue weighted by Crippen LogP contribution is -2.29. The summed E-state index contributed by atoms with van der Waals surface area (Å²) in [5.41, 5.74) is 3.95. The van der Waals surface area contributed by atoms with Crippen LogP contribution in [-0.2, 0) is 17.8 Å². The largest absolute Gasteiger partial charge is 0.312 e. The lowest BCUT2D eigenvalue weighted by Gasteiger charge is -2.17. The molecule has 26 heavy (non-hydrogen) atoms. The van der Waals surface area contributed by atoms with Crippen LogP contribution in [-0.4, -0.2) is 22.0 Å². The van der Waals surface area contributed by atoms with Gasteiger partial charge in [0.25, 0.3) is 5.56 Å². The normalized spacial score (nSPS) is 13.2. The molecule has 0 fully saturated rings. The minimum absolute atomic E-state index is 0.0438. The number of rotatable bonds is 4. The Hall–Kier alpha value is -2.95. The average Bonchev–Trinajstić information content (AvgIpc) is 3.08. The summed E-state index contributed by atoms with van der Waals surface area (Å²) in [4.78, 5) is 31.4. The minimum atomic E-state index is -0.0438. The van der Waals surface area contributed by atoms with Crippen molar-refractivity contribution >= 4 is 22.5 Å². The summed E-state index contributed by atoms with van der Waals surface area (Å²) in [6, 6.07) is 13.7. The lowest BCUT2D eigenvalue weighted by molar-refractivity contribution is -0.118. The maximum atomic E-state index is 12.6. The van der Waals surface area contributed by atoms with Crippen molar-refractivity contribution in [3.63, 3.8) is 0 Å². The van der Waals surface area contributed by atoms with Crippen molar-refractivity contribution in [3.05, 3.63) is 70.3 Å². The molecule has 2 aromatic carbocycles. The summed E-state index contributed by atoms with van der Waals surface area (Å²) in [5.74, 6) is 0.118. The van der Waals surface area contributed by atoms with Crippen molar-refractivity contribution in [1.82, 2.24) is 9.55 Å². The summed E-state index contributed by atoms with van der Waals surface area (Å²) in [7, 11) is 0. The summed E-state index contributed by atoms with van der Waals surface area (Å²) < 4.78 is 1.60. The van der Waals surface area contributed by atoms with Crippen LogP contribution in [0.3, 0.4) is 0 Å². The fraction of sp³-hybridized carbons (Fsp3) is 0.286. The van der Waals surface area contributed by atoms with Crippen LogP contribution in [0.4, 0.5) is 5.69 Å². The molecule has 1 aliphatic rings. The van der Waals surface area contributed by atoms with Gasteiger partial charge in [-0.05, 0) is 43.0 Å². The Morgan fingerprint density at radius 3 is 2.88 bits per heavy atom. The predicted octanol–water partition coefficient (Wildman–Crippen LogP) is 3.07. The van der Waals surface area contributed by atoms with Crippen LogP contribution in [0.5, 0.6) is 0 Å². The molecule has 5 heteroatoms. The van der Waals surface area contributed by atoms with Gasteiger partial charge in [-0.1, -0.05) is 30.3 Å². The molecule has 0 unspecified atom stereocenters.